The Balaban J connectivity index is 0.000000541. The highest BCUT2D eigenvalue weighted by atomic mass is 16.4. The maximum Gasteiger partial charge on any atom is 0.300 e. The molecule has 2 aliphatic rings. The molecule has 0 aromatic rings. The van der Waals surface area contributed by atoms with Crippen LogP contribution in [0.1, 0.15) is 64.7 Å². The third-order valence-electron chi connectivity index (χ3n) is 4.18. The Bertz CT molecular complexity index is 419. The van der Waals surface area contributed by atoms with Crippen LogP contribution in [0.3, 0.4) is 0 Å². The second kappa shape index (κ2) is 10.3. The fourth-order valence-corrected chi connectivity index (χ4v) is 2.96. The molecule has 4 nitrogen and oxygen atoms in total. The van der Waals surface area contributed by atoms with E-state index in [1.807, 2.05) is 0 Å². The summed E-state index contributed by atoms with van der Waals surface area (Å²) in [6.07, 6.45) is 14.9. The first-order chi connectivity index (χ1) is 10.5. The van der Waals surface area contributed by atoms with Gasteiger partial charge >= 0.3 is 0 Å². The molecule has 124 valence electrons. The smallest absolute Gasteiger partial charge is 0.300 e. The lowest BCUT2D eigenvalue weighted by molar-refractivity contribution is -0.134. The predicted octanol–water partition coefficient (Wildman–Crippen LogP) is 3.64. The molecule has 0 saturated heterocycles. The monoisotopic (exact) mass is 308 g/mol. The van der Waals surface area contributed by atoms with Crippen molar-refractivity contribution in [3.05, 3.63) is 23.8 Å². The van der Waals surface area contributed by atoms with Crippen LogP contribution in [0.2, 0.25) is 0 Å². The van der Waals surface area contributed by atoms with E-state index in [1.54, 1.807) is 0 Å². The van der Waals surface area contributed by atoms with Gasteiger partial charge in [-0.05, 0) is 44.4 Å². The lowest BCUT2D eigenvalue weighted by atomic mass is 9.95. The summed E-state index contributed by atoms with van der Waals surface area (Å²) in [6.45, 7) is 1.08. The molecular weight excluding hydrogens is 280 g/mol. The summed E-state index contributed by atoms with van der Waals surface area (Å²) < 4.78 is 0. The molecule has 22 heavy (non-hydrogen) atoms. The van der Waals surface area contributed by atoms with Crippen molar-refractivity contribution in [2.75, 3.05) is 0 Å². The van der Waals surface area contributed by atoms with Crippen LogP contribution in [-0.2, 0) is 9.59 Å². The van der Waals surface area contributed by atoms with Gasteiger partial charge in [0.2, 0.25) is 0 Å². The maximum atomic E-state index is 11.8. The molecule has 0 amide bonds. The van der Waals surface area contributed by atoms with Crippen molar-refractivity contribution in [3.8, 4) is 0 Å². The number of aliphatic hydroxyl groups excluding tert-OH is 1. The molecule has 0 aromatic heterocycles. The van der Waals surface area contributed by atoms with Crippen molar-refractivity contribution < 1.29 is 19.8 Å². The number of allylic oxidation sites excluding steroid dienone is 4. The summed E-state index contributed by atoms with van der Waals surface area (Å²) in [7, 11) is 0. The molecular formula is C18H28O4. The number of carbonyl (C=O) groups excluding carboxylic acids is 1. The van der Waals surface area contributed by atoms with E-state index in [4.69, 9.17) is 9.90 Å². The van der Waals surface area contributed by atoms with E-state index in [0.29, 0.717) is 24.5 Å². The van der Waals surface area contributed by atoms with E-state index in [1.165, 1.54) is 5.57 Å². The van der Waals surface area contributed by atoms with E-state index in [-0.39, 0.29) is 6.10 Å². The van der Waals surface area contributed by atoms with Gasteiger partial charge in [-0.15, -0.1) is 0 Å². The van der Waals surface area contributed by atoms with E-state index < -0.39 is 5.97 Å². The fraction of sp³-hybridized carbons (Fsp3) is 0.667. The second-order valence-corrected chi connectivity index (χ2v) is 6.11. The van der Waals surface area contributed by atoms with Crippen LogP contribution in [0.25, 0.3) is 0 Å². The molecule has 0 aliphatic heterocycles. The molecule has 1 saturated carbocycles. The van der Waals surface area contributed by atoms with Crippen LogP contribution in [-0.4, -0.2) is 28.1 Å². The van der Waals surface area contributed by atoms with Gasteiger partial charge in [-0.1, -0.05) is 30.2 Å². The van der Waals surface area contributed by atoms with Gasteiger partial charge in [-0.25, -0.2) is 0 Å². The number of carboxylic acids is 1. The largest absolute Gasteiger partial charge is 0.481 e. The van der Waals surface area contributed by atoms with E-state index in [2.05, 4.69) is 18.2 Å². The fourth-order valence-electron chi connectivity index (χ4n) is 2.96. The molecule has 2 aliphatic carbocycles. The average Bonchev–Trinajstić information content (AvgIpc) is 2.89. The van der Waals surface area contributed by atoms with Crippen LogP contribution in [0.5, 0.6) is 0 Å². The van der Waals surface area contributed by atoms with Gasteiger partial charge in [0.1, 0.15) is 5.78 Å². The maximum absolute atomic E-state index is 11.8. The summed E-state index contributed by atoms with van der Waals surface area (Å²) >= 11 is 0. The van der Waals surface area contributed by atoms with E-state index in [0.717, 1.165) is 51.9 Å². The number of hydrogen-bond donors (Lipinski definition) is 2. The Morgan fingerprint density at radius 1 is 1.23 bits per heavy atom. The minimum absolute atomic E-state index is 0.151. The van der Waals surface area contributed by atoms with Crippen LogP contribution in [0, 0.1) is 5.92 Å². The van der Waals surface area contributed by atoms with Crippen LogP contribution >= 0.6 is 0 Å². The zero-order valence-corrected chi connectivity index (χ0v) is 13.5. The van der Waals surface area contributed by atoms with Crippen LogP contribution in [0.4, 0.5) is 0 Å². The molecule has 2 unspecified atom stereocenters. The number of Topliss-reactive ketones (excluding diaryl/α,β-unsaturated/α-hetero) is 1. The van der Waals surface area contributed by atoms with E-state index in [9.17, 15) is 9.90 Å². The average molecular weight is 308 g/mol. The minimum atomic E-state index is -0.833. The molecule has 4 heteroatoms. The molecule has 0 spiro atoms. The first-order valence-corrected chi connectivity index (χ1v) is 8.24. The Hall–Kier alpha value is -1.42. The lowest BCUT2D eigenvalue weighted by Crippen LogP contribution is -2.14. The first-order valence-electron chi connectivity index (χ1n) is 8.24. The number of hydrogen-bond acceptors (Lipinski definition) is 3. The Morgan fingerprint density at radius 2 is 1.95 bits per heavy atom. The van der Waals surface area contributed by atoms with Gasteiger partial charge < -0.3 is 10.2 Å². The van der Waals surface area contributed by atoms with Gasteiger partial charge in [-0.3, -0.25) is 9.59 Å². The Kier molecular flexibility index (Phi) is 8.75. The SMILES string of the molecule is CC(=O)O.O=C(CCC1=CCCC=C1)CCC1CCCC1O. The summed E-state index contributed by atoms with van der Waals surface area (Å²) in [4.78, 5) is 20.8. The zero-order chi connectivity index (χ0) is 16.4. The molecule has 2 N–H and O–H groups in total. The van der Waals surface area contributed by atoms with Crippen molar-refractivity contribution in [2.45, 2.75) is 70.8 Å². The van der Waals surface area contributed by atoms with Gasteiger partial charge in [0.05, 0.1) is 6.10 Å². The molecule has 0 radical (unpaired) electrons. The normalized spacial score (nSPS) is 23.5. The van der Waals surface area contributed by atoms with Gasteiger partial charge in [0.15, 0.2) is 0 Å². The number of carboxylic acid groups (broad SMARTS) is 1. The molecule has 2 rings (SSSR count). The summed E-state index contributed by atoms with van der Waals surface area (Å²) in [5.74, 6) is -0.100. The van der Waals surface area contributed by atoms with Crippen molar-refractivity contribution in [1.29, 1.82) is 0 Å². The third kappa shape index (κ3) is 8.13. The minimum Gasteiger partial charge on any atom is -0.481 e. The third-order valence-corrected chi connectivity index (χ3v) is 4.18. The van der Waals surface area contributed by atoms with Crippen LogP contribution < -0.4 is 0 Å². The first kappa shape index (κ1) is 18.6. The van der Waals surface area contributed by atoms with Gasteiger partial charge in [0.25, 0.3) is 5.97 Å². The van der Waals surface area contributed by atoms with E-state index >= 15 is 0 Å². The van der Waals surface area contributed by atoms with Crippen molar-refractivity contribution in [1.82, 2.24) is 0 Å². The number of aliphatic carboxylic acids is 1. The highest BCUT2D eigenvalue weighted by Gasteiger charge is 2.25. The predicted molar refractivity (Wildman–Crippen MR) is 86.6 cm³/mol. The topological polar surface area (TPSA) is 74.6 Å². The summed E-state index contributed by atoms with van der Waals surface area (Å²) in [6, 6.07) is 0. The Labute approximate surface area is 132 Å². The Morgan fingerprint density at radius 3 is 2.50 bits per heavy atom. The highest BCUT2D eigenvalue weighted by molar-refractivity contribution is 5.78. The summed E-state index contributed by atoms with van der Waals surface area (Å²) in [5, 5.41) is 17.1. The zero-order valence-electron chi connectivity index (χ0n) is 13.5. The molecule has 0 heterocycles. The highest BCUT2D eigenvalue weighted by Crippen LogP contribution is 2.29. The molecule has 0 bridgehead atoms. The van der Waals surface area contributed by atoms with Crippen molar-refractivity contribution in [3.63, 3.8) is 0 Å². The molecule has 2 atom stereocenters. The summed E-state index contributed by atoms with van der Waals surface area (Å²) in [5.41, 5.74) is 1.32. The van der Waals surface area contributed by atoms with Gasteiger partial charge in [-0.2, -0.15) is 0 Å². The van der Waals surface area contributed by atoms with Gasteiger partial charge in [0, 0.05) is 19.8 Å². The van der Waals surface area contributed by atoms with Crippen molar-refractivity contribution in [2.24, 2.45) is 5.92 Å². The lowest BCUT2D eigenvalue weighted by Gasteiger charge is -2.13. The standard InChI is InChI=1S/C16H24O2.C2H4O2/c17-15(11-9-13-5-2-1-3-6-13)12-10-14-7-4-8-16(14)18;1-2(3)4/h2,5-6,14,16,18H,1,3-4,7-12H2;1H3,(H,3,4). The number of ketones is 1. The number of rotatable bonds is 6. The number of aliphatic hydroxyl groups is 1. The van der Waals surface area contributed by atoms with Crippen LogP contribution in [0.15, 0.2) is 23.8 Å². The second-order valence-electron chi connectivity index (χ2n) is 6.11. The molecule has 1 fully saturated rings. The molecule has 0 aromatic carbocycles. The quantitative estimate of drug-likeness (QED) is 0.785. The van der Waals surface area contributed by atoms with Crippen molar-refractivity contribution >= 4 is 11.8 Å². The number of carbonyl (C=O) groups is 2.